The van der Waals surface area contributed by atoms with Gasteiger partial charge in [0.25, 0.3) is 0 Å². The van der Waals surface area contributed by atoms with Gasteiger partial charge in [-0.2, -0.15) is 5.26 Å². The van der Waals surface area contributed by atoms with Gasteiger partial charge in [0.05, 0.1) is 41.9 Å². The normalized spacial score (nSPS) is 38.8. The first-order valence-electron chi connectivity index (χ1n) is 8.11. The van der Waals surface area contributed by atoms with Crippen molar-refractivity contribution in [2.75, 3.05) is 12.0 Å². The van der Waals surface area contributed by atoms with Crippen LogP contribution in [0.1, 0.15) is 25.8 Å². The summed E-state index contributed by atoms with van der Waals surface area (Å²) in [4.78, 5) is 27.2. The molecule has 0 saturated carbocycles. The lowest BCUT2D eigenvalue weighted by Gasteiger charge is -2.31. The molecule has 1 aromatic carbocycles. The molecule has 1 aromatic rings. The Labute approximate surface area is 144 Å². The van der Waals surface area contributed by atoms with Gasteiger partial charge in [-0.1, -0.05) is 0 Å². The van der Waals surface area contributed by atoms with Crippen LogP contribution in [-0.4, -0.2) is 41.3 Å². The first-order valence-corrected chi connectivity index (χ1v) is 8.11. The molecule has 3 fully saturated rings. The minimum absolute atomic E-state index is 0.300. The fraction of sp³-hybridized carbons (Fsp3) is 0.500. The maximum Gasteiger partial charge on any atom is 0.240 e. The van der Waals surface area contributed by atoms with Crippen LogP contribution >= 0.6 is 0 Å². The Hall–Kier alpha value is -2.43. The lowest BCUT2D eigenvalue weighted by atomic mass is 9.67. The van der Waals surface area contributed by atoms with E-state index in [9.17, 15) is 14.7 Å². The Bertz CT molecular complexity index is 846. The van der Waals surface area contributed by atoms with Gasteiger partial charge in [-0.3, -0.25) is 9.59 Å². The van der Waals surface area contributed by atoms with Crippen LogP contribution in [0, 0.1) is 23.2 Å². The van der Waals surface area contributed by atoms with Gasteiger partial charge >= 0.3 is 0 Å². The molecule has 1 N–H and O–H groups in total. The fourth-order valence-corrected chi connectivity index (χ4v) is 4.69. The maximum absolute atomic E-state index is 13.0. The number of fused-ring (bicyclic) bond motifs is 5. The number of carbonyl (C=O) groups excluding carboxylic acids is 2. The summed E-state index contributed by atoms with van der Waals surface area (Å²) in [6.45, 7) is 3.47. The van der Waals surface area contributed by atoms with Crippen molar-refractivity contribution in [2.45, 2.75) is 37.6 Å². The molecule has 0 radical (unpaired) electrons. The third-order valence-electron chi connectivity index (χ3n) is 5.86. The van der Waals surface area contributed by atoms with E-state index in [-0.39, 0.29) is 11.8 Å². The summed E-state index contributed by atoms with van der Waals surface area (Å²) in [6, 6.07) is 6.59. The second-order valence-electron chi connectivity index (χ2n) is 7.28. The second kappa shape index (κ2) is 4.81. The molecule has 0 aromatic heterocycles. The van der Waals surface area contributed by atoms with Crippen LogP contribution in [0.3, 0.4) is 0 Å². The van der Waals surface area contributed by atoms with Crippen molar-refractivity contribution in [3.63, 3.8) is 0 Å². The number of hydrogen-bond donors (Lipinski definition) is 1. The molecule has 3 aliphatic heterocycles. The number of imide groups is 1. The molecule has 4 rings (SSSR count). The van der Waals surface area contributed by atoms with Crippen LogP contribution in [0.2, 0.25) is 0 Å². The highest BCUT2D eigenvalue weighted by Crippen LogP contribution is 2.61. The van der Waals surface area contributed by atoms with E-state index in [4.69, 9.17) is 14.7 Å². The summed E-state index contributed by atoms with van der Waals surface area (Å²) in [5.41, 5.74) is -1.22. The SMILES string of the molecule is COc1cc(N2C(=O)[C@@H]3[C@H](C2=O)[C@]2(C)O[C@@]3(C)C[C@H]2O)ccc1C#N. The number of methoxy groups -OCH3 is 1. The first kappa shape index (κ1) is 16.1. The fourth-order valence-electron chi connectivity index (χ4n) is 4.69. The monoisotopic (exact) mass is 342 g/mol. The van der Waals surface area contributed by atoms with Crippen molar-refractivity contribution in [2.24, 2.45) is 11.8 Å². The summed E-state index contributed by atoms with van der Waals surface area (Å²) >= 11 is 0. The largest absolute Gasteiger partial charge is 0.495 e. The molecule has 2 amide bonds. The van der Waals surface area contributed by atoms with Crippen molar-refractivity contribution in [3.05, 3.63) is 23.8 Å². The number of ether oxygens (including phenoxy) is 2. The first-order chi connectivity index (χ1) is 11.8. The highest BCUT2D eigenvalue weighted by atomic mass is 16.6. The topological polar surface area (TPSA) is 99.9 Å². The van der Waals surface area contributed by atoms with Crippen molar-refractivity contribution >= 4 is 17.5 Å². The molecule has 130 valence electrons. The van der Waals surface area contributed by atoms with Crippen LogP contribution < -0.4 is 9.64 Å². The molecule has 0 spiro atoms. The second-order valence-corrected chi connectivity index (χ2v) is 7.28. The maximum atomic E-state index is 13.0. The van der Waals surface area contributed by atoms with E-state index < -0.39 is 29.1 Å². The molecule has 0 unspecified atom stereocenters. The number of carbonyl (C=O) groups is 2. The average Bonchev–Trinajstić information content (AvgIpc) is 3.08. The quantitative estimate of drug-likeness (QED) is 0.805. The van der Waals surface area contributed by atoms with E-state index in [1.807, 2.05) is 6.07 Å². The highest BCUT2D eigenvalue weighted by molar-refractivity contribution is 6.23. The van der Waals surface area contributed by atoms with E-state index in [1.165, 1.54) is 19.2 Å². The van der Waals surface area contributed by atoms with Gasteiger partial charge in [-0.15, -0.1) is 0 Å². The Morgan fingerprint density at radius 3 is 2.64 bits per heavy atom. The summed E-state index contributed by atoms with van der Waals surface area (Å²) in [6.07, 6.45) is -0.459. The average molecular weight is 342 g/mol. The molecule has 2 bridgehead atoms. The third kappa shape index (κ3) is 1.81. The number of hydrogen-bond acceptors (Lipinski definition) is 6. The molecule has 3 saturated heterocycles. The van der Waals surface area contributed by atoms with Crippen LogP contribution in [0.25, 0.3) is 0 Å². The number of amides is 2. The molecule has 7 heteroatoms. The van der Waals surface area contributed by atoms with E-state index in [1.54, 1.807) is 19.9 Å². The number of nitriles is 1. The van der Waals surface area contributed by atoms with Crippen LogP contribution in [0.4, 0.5) is 5.69 Å². The summed E-state index contributed by atoms with van der Waals surface area (Å²) in [5.74, 6) is -1.74. The standard InChI is InChI=1S/C18H18N2O5/c1-17-7-12(21)18(2,25-17)14-13(17)15(22)20(16(14)23)10-5-4-9(8-19)11(6-10)24-3/h4-6,12-14,21H,7H2,1-3H3/t12-,13+,14-,17+,18-/m1/s1. The lowest BCUT2D eigenvalue weighted by molar-refractivity contribution is -0.132. The molecule has 5 atom stereocenters. The van der Waals surface area contributed by atoms with Crippen LogP contribution in [0.5, 0.6) is 5.75 Å². The Kier molecular flexibility index (Phi) is 3.09. The number of anilines is 1. The predicted molar refractivity (Wildman–Crippen MR) is 85.7 cm³/mol. The van der Waals surface area contributed by atoms with Gasteiger partial charge in [0.15, 0.2) is 0 Å². The molecule has 0 aliphatic carbocycles. The van der Waals surface area contributed by atoms with Crippen molar-refractivity contribution in [1.82, 2.24) is 0 Å². The Morgan fingerprint density at radius 2 is 2.00 bits per heavy atom. The number of aliphatic hydroxyl groups excluding tert-OH is 1. The van der Waals surface area contributed by atoms with E-state index >= 15 is 0 Å². The molecular formula is C18H18N2O5. The van der Waals surface area contributed by atoms with Gasteiger partial charge in [0, 0.05) is 12.5 Å². The van der Waals surface area contributed by atoms with E-state index in [0.717, 1.165) is 4.90 Å². The summed E-state index contributed by atoms with van der Waals surface area (Å²) in [7, 11) is 1.43. The Balaban J connectivity index is 1.79. The van der Waals surface area contributed by atoms with Gasteiger partial charge in [-0.25, -0.2) is 4.90 Å². The Morgan fingerprint density at radius 1 is 1.32 bits per heavy atom. The van der Waals surface area contributed by atoms with Crippen LogP contribution in [0.15, 0.2) is 18.2 Å². The van der Waals surface area contributed by atoms with Gasteiger partial charge in [0.1, 0.15) is 17.4 Å². The summed E-state index contributed by atoms with van der Waals surface area (Å²) < 4.78 is 11.1. The van der Waals surface area contributed by atoms with E-state index in [0.29, 0.717) is 23.4 Å². The highest BCUT2D eigenvalue weighted by Gasteiger charge is 2.75. The molecule has 7 nitrogen and oxygen atoms in total. The molecule has 25 heavy (non-hydrogen) atoms. The van der Waals surface area contributed by atoms with Crippen LogP contribution in [-0.2, 0) is 14.3 Å². The van der Waals surface area contributed by atoms with Gasteiger partial charge < -0.3 is 14.6 Å². The molecular weight excluding hydrogens is 324 g/mol. The molecule has 3 heterocycles. The number of benzene rings is 1. The van der Waals surface area contributed by atoms with Gasteiger partial charge in [0.2, 0.25) is 11.8 Å². The smallest absolute Gasteiger partial charge is 0.240 e. The minimum atomic E-state index is -1.06. The van der Waals surface area contributed by atoms with E-state index in [2.05, 4.69) is 0 Å². The minimum Gasteiger partial charge on any atom is -0.495 e. The van der Waals surface area contributed by atoms with Crippen molar-refractivity contribution < 1.29 is 24.2 Å². The number of nitrogens with zero attached hydrogens (tertiary/aromatic N) is 2. The zero-order chi connectivity index (χ0) is 18.1. The lowest BCUT2D eigenvalue weighted by Crippen LogP contribution is -2.49. The molecule has 3 aliphatic rings. The van der Waals surface area contributed by atoms with Gasteiger partial charge in [-0.05, 0) is 26.0 Å². The number of rotatable bonds is 2. The van der Waals surface area contributed by atoms with Crippen molar-refractivity contribution in [1.29, 1.82) is 5.26 Å². The zero-order valence-electron chi connectivity index (χ0n) is 14.1. The predicted octanol–water partition coefficient (Wildman–Crippen LogP) is 0.985. The third-order valence-corrected chi connectivity index (χ3v) is 5.86. The summed E-state index contributed by atoms with van der Waals surface area (Å²) in [5, 5.41) is 19.4. The number of aliphatic hydroxyl groups is 1. The zero-order valence-corrected chi connectivity index (χ0v) is 14.1. The van der Waals surface area contributed by atoms with Crippen molar-refractivity contribution in [3.8, 4) is 11.8 Å².